The van der Waals surface area contributed by atoms with Gasteiger partial charge in [-0.3, -0.25) is 14.9 Å². The van der Waals surface area contributed by atoms with Crippen molar-refractivity contribution in [2.45, 2.75) is 13.5 Å². The molecule has 0 fully saturated rings. The van der Waals surface area contributed by atoms with Crippen molar-refractivity contribution >= 4 is 29.0 Å². The first kappa shape index (κ1) is 21.0. The van der Waals surface area contributed by atoms with E-state index in [1.165, 1.54) is 37.3 Å². The normalized spacial score (nSPS) is 10.3. The molecule has 0 aliphatic heterocycles. The fourth-order valence-electron chi connectivity index (χ4n) is 2.54. The van der Waals surface area contributed by atoms with Gasteiger partial charge in [-0.25, -0.2) is 4.79 Å². The number of nitro groups is 1. The lowest BCUT2D eigenvalue weighted by atomic mass is 10.1. The number of nitrogens with zero attached hydrogens (tertiary/aromatic N) is 1. The smallest absolute Gasteiger partial charge is 0.338 e. The maximum Gasteiger partial charge on any atom is 0.338 e. The Balaban J connectivity index is 1.60. The molecular formula is C22H16ClNO6. The van der Waals surface area contributed by atoms with Gasteiger partial charge in [0.25, 0.3) is 5.69 Å². The van der Waals surface area contributed by atoms with Crippen molar-refractivity contribution in [3.05, 3.63) is 98.6 Å². The summed E-state index contributed by atoms with van der Waals surface area (Å²) >= 11 is 6.01. The Labute approximate surface area is 177 Å². The van der Waals surface area contributed by atoms with Crippen LogP contribution in [0.3, 0.4) is 0 Å². The second kappa shape index (κ2) is 9.19. The number of esters is 1. The summed E-state index contributed by atoms with van der Waals surface area (Å²) in [5.41, 5.74) is 1.55. The van der Waals surface area contributed by atoms with E-state index in [4.69, 9.17) is 21.1 Å². The van der Waals surface area contributed by atoms with Gasteiger partial charge >= 0.3 is 5.97 Å². The molecule has 0 aromatic heterocycles. The minimum atomic E-state index is -0.548. The van der Waals surface area contributed by atoms with Crippen molar-refractivity contribution in [1.82, 2.24) is 0 Å². The average Bonchev–Trinajstić information content (AvgIpc) is 2.74. The lowest BCUT2D eigenvalue weighted by Crippen LogP contribution is -2.05. The maximum atomic E-state index is 12.2. The zero-order chi connectivity index (χ0) is 21.7. The Bertz CT molecular complexity index is 1090. The highest BCUT2D eigenvalue weighted by molar-refractivity contribution is 6.32. The van der Waals surface area contributed by atoms with E-state index in [-0.39, 0.29) is 28.8 Å². The Morgan fingerprint density at radius 1 is 0.967 bits per heavy atom. The number of carbonyl (C=O) groups excluding carboxylic acids is 2. The Morgan fingerprint density at radius 2 is 1.60 bits per heavy atom. The van der Waals surface area contributed by atoms with E-state index >= 15 is 0 Å². The number of nitro benzene ring substituents is 1. The third-order valence-electron chi connectivity index (χ3n) is 4.17. The van der Waals surface area contributed by atoms with Crippen molar-refractivity contribution in [2.75, 3.05) is 0 Å². The van der Waals surface area contributed by atoms with Gasteiger partial charge in [-0.2, -0.15) is 0 Å². The highest BCUT2D eigenvalue weighted by Gasteiger charge is 2.12. The number of hydrogen-bond acceptors (Lipinski definition) is 6. The van der Waals surface area contributed by atoms with Crippen LogP contribution in [0, 0.1) is 10.1 Å². The number of Topliss-reactive ketones (excluding diaryl/α,β-unsaturated/α-hetero) is 1. The van der Waals surface area contributed by atoms with Crippen LogP contribution >= 0.6 is 11.6 Å². The average molecular weight is 426 g/mol. The number of benzene rings is 3. The summed E-state index contributed by atoms with van der Waals surface area (Å²) < 4.78 is 10.9. The molecule has 30 heavy (non-hydrogen) atoms. The molecule has 3 aromatic carbocycles. The Hall–Kier alpha value is -3.71. The number of halogens is 1. The molecule has 0 spiro atoms. The van der Waals surface area contributed by atoms with Crippen LogP contribution < -0.4 is 4.74 Å². The molecule has 8 heteroatoms. The quantitative estimate of drug-likeness (QED) is 0.211. The molecule has 152 valence electrons. The van der Waals surface area contributed by atoms with Crippen molar-refractivity contribution in [1.29, 1.82) is 0 Å². The predicted molar refractivity (Wildman–Crippen MR) is 110 cm³/mol. The summed E-state index contributed by atoms with van der Waals surface area (Å²) in [7, 11) is 0. The zero-order valence-corrected chi connectivity index (χ0v) is 16.6. The molecule has 0 aliphatic rings. The van der Waals surface area contributed by atoms with Crippen molar-refractivity contribution in [3.8, 4) is 11.5 Å². The van der Waals surface area contributed by atoms with E-state index in [1.54, 1.807) is 36.4 Å². The van der Waals surface area contributed by atoms with Crippen molar-refractivity contribution < 1.29 is 24.0 Å². The van der Waals surface area contributed by atoms with E-state index in [0.717, 1.165) is 5.56 Å². The zero-order valence-electron chi connectivity index (χ0n) is 15.8. The van der Waals surface area contributed by atoms with Gasteiger partial charge in [-0.1, -0.05) is 35.9 Å². The summed E-state index contributed by atoms with van der Waals surface area (Å²) in [4.78, 5) is 33.7. The standard InChI is InChI=1S/C22H16ClNO6/c1-14(25)16-4-2-15(3-5-16)13-29-22(26)17-6-9-19(10-7-17)30-21-11-8-18(24(27)28)12-20(21)23/h2-12H,13H2,1H3. The molecule has 0 aliphatic carbocycles. The van der Waals surface area contributed by atoms with Crippen LogP contribution in [-0.4, -0.2) is 16.7 Å². The number of hydrogen-bond donors (Lipinski definition) is 0. The molecule has 7 nitrogen and oxygen atoms in total. The Kier molecular flexibility index (Phi) is 6.44. The molecular weight excluding hydrogens is 410 g/mol. The summed E-state index contributed by atoms with van der Waals surface area (Å²) in [6.07, 6.45) is 0. The molecule has 0 saturated carbocycles. The molecule has 0 radical (unpaired) electrons. The van der Waals surface area contributed by atoms with Gasteiger partial charge < -0.3 is 9.47 Å². The molecule has 0 amide bonds. The molecule has 0 unspecified atom stereocenters. The van der Waals surface area contributed by atoms with Crippen molar-refractivity contribution in [3.63, 3.8) is 0 Å². The van der Waals surface area contributed by atoms with Gasteiger partial charge in [0.1, 0.15) is 18.1 Å². The van der Waals surface area contributed by atoms with Crippen LogP contribution in [0.2, 0.25) is 5.02 Å². The summed E-state index contributed by atoms with van der Waals surface area (Å²) in [5.74, 6) is 0.121. The number of non-ortho nitro benzene ring substituents is 1. The Morgan fingerprint density at radius 3 is 2.17 bits per heavy atom. The van der Waals surface area contributed by atoms with E-state index in [0.29, 0.717) is 16.9 Å². The molecule has 0 saturated heterocycles. The first-order chi connectivity index (χ1) is 14.3. The molecule has 0 bridgehead atoms. The van der Waals surface area contributed by atoms with E-state index in [9.17, 15) is 19.7 Å². The van der Waals surface area contributed by atoms with E-state index < -0.39 is 10.9 Å². The van der Waals surface area contributed by atoms with Crippen molar-refractivity contribution in [2.24, 2.45) is 0 Å². The molecule has 0 N–H and O–H groups in total. The van der Waals surface area contributed by atoms with Gasteiger partial charge in [-0.15, -0.1) is 0 Å². The fourth-order valence-corrected chi connectivity index (χ4v) is 2.75. The number of ketones is 1. The molecule has 3 rings (SSSR count). The topological polar surface area (TPSA) is 95.7 Å². The van der Waals surface area contributed by atoms with Crippen LogP contribution in [0.4, 0.5) is 5.69 Å². The third kappa shape index (κ3) is 5.21. The minimum Gasteiger partial charge on any atom is -0.457 e. The van der Waals surface area contributed by atoms with Crippen LogP contribution in [0.25, 0.3) is 0 Å². The minimum absolute atomic E-state index is 0.0316. The van der Waals surface area contributed by atoms with Crippen LogP contribution in [-0.2, 0) is 11.3 Å². The first-order valence-corrected chi connectivity index (χ1v) is 9.20. The van der Waals surface area contributed by atoms with E-state index in [2.05, 4.69) is 0 Å². The number of ether oxygens (including phenoxy) is 2. The summed E-state index contributed by atoms with van der Waals surface area (Å²) in [5, 5.41) is 10.9. The summed E-state index contributed by atoms with van der Waals surface area (Å²) in [6.45, 7) is 1.56. The third-order valence-corrected chi connectivity index (χ3v) is 4.47. The predicted octanol–water partition coefficient (Wildman–Crippen LogP) is 5.60. The lowest BCUT2D eigenvalue weighted by Gasteiger charge is -2.09. The second-order valence-electron chi connectivity index (χ2n) is 6.33. The highest BCUT2D eigenvalue weighted by Crippen LogP contribution is 2.32. The fraction of sp³-hybridized carbons (Fsp3) is 0.0909. The summed E-state index contributed by atoms with van der Waals surface area (Å²) in [6, 6.07) is 16.9. The monoisotopic (exact) mass is 425 g/mol. The highest BCUT2D eigenvalue weighted by atomic mass is 35.5. The SMILES string of the molecule is CC(=O)c1ccc(COC(=O)c2ccc(Oc3ccc([N+](=O)[O-])cc3Cl)cc2)cc1. The van der Waals surface area contributed by atoms with Gasteiger partial charge in [0.15, 0.2) is 5.78 Å². The number of rotatable bonds is 7. The molecule has 0 heterocycles. The second-order valence-corrected chi connectivity index (χ2v) is 6.73. The number of carbonyl (C=O) groups is 2. The lowest BCUT2D eigenvalue weighted by molar-refractivity contribution is -0.384. The first-order valence-electron chi connectivity index (χ1n) is 8.82. The van der Waals surface area contributed by atoms with Gasteiger partial charge in [0.05, 0.1) is 15.5 Å². The van der Waals surface area contributed by atoms with Crippen LogP contribution in [0.15, 0.2) is 66.7 Å². The molecule has 0 atom stereocenters. The largest absolute Gasteiger partial charge is 0.457 e. The van der Waals surface area contributed by atoms with Crippen LogP contribution in [0.1, 0.15) is 33.2 Å². The van der Waals surface area contributed by atoms with Gasteiger partial charge in [0.2, 0.25) is 0 Å². The van der Waals surface area contributed by atoms with E-state index in [1.807, 2.05) is 0 Å². The van der Waals surface area contributed by atoms with Gasteiger partial charge in [-0.05, 0) is 42.8 Å². The molecule has 3 aromatic rings. The maximum absolute atomic E-state index is 12.2. The van der Waals surface area contributed by atoms with Crippen LogP contribution in [0.5, 0.6) is 11.5 Å². The van der Waals surface area contributed by atoms with Gasteiger partial charge in [0, 0.05) is 17.7 Å².